The third-order valence-electron chi connectivity index (χ3n) is 1.49. The van der Waals surface area contributed by atoms with Crippen molar-refractivity contribution >= 4 is 22.8 Å². The van der Waals surface area contributed by atoms with Crippen LogP contribution in [0.2, 0.25) is 0 Å². The summed E-state index contributed by atoms with van der Waals surface area (Å²) >= 11 is 0. The van der Waals surface area contributed by atoms with Crippen LogP contribution in [0.25, 0.3) is 0 Å². The maximum atomic E-state index is 10.5. The SMILES string of the molecule is CC(=O)NCCCC(O)(OP(O)O)O[P+](=O)O. The van der Waals surface area contributed by atoms with Gasteiger partial charge in [-0.1, -0.05) is 4.52 Å². The minimum absolute atomic E-state index is 0.141. The van der Waals surface area contributed by atoms with E-state index < -0.39 is 22.8 Å². The molecule has 0 fully saturated rings. The van der Waals surface area contributed by atoms with Gasteiger partial charge in [0.25, 0.3) is 0 Å². The van der Waals surface area contributed by atoms with Crippen LogP contribution in [0.3, 0.4) is 0 Å². The number of carbonyl (C=O) groups is 1. The molecule has 2 unspecified atom stereocenters. The van der Waals surface area contributed by atoms with Gasteiger partial charge >= 0.3 is 22.8 Å². The molecule has 5 N–H and O–H groups in total. The Bertz CT molecular complexity index is 275. The minimum atomic E-state index is -3.18. The lowest BCUT2D eigenvalue weighted by Crippen LogP contribution is -2.33. The molecule has 0 aliphatic rings. The smallest absolute Gasteiger partial charge is 0.356 e. The molecule has 0 radical (unpaired) electrons. The van der Waals surface area contributed by atoms with Crippen molar-refractivity contribution in [3.05, 3.63) is 0 Å². The molecular weight excluding hydrogens is 276 g/mol. The van der Waals surface area contributed by atoms with E-state index in [0.717, 1.165) is 0 Å². The third kappa shape index (κ3) is 9.46. The first-order chi connectivity index (χ1) is 7.75. The van der Waals surface area contributed by atoms with Gasteiger partial charge in [-0.25, -0.2) is 0 Å². The third-order valence-corrected chi connectivity index (χ3v) is 2.38. The van der Waals surface area contributed by atoms with Crippen molar-refractivity contribution in [1.29, 1.82) is 0 Å². The van der Waals surface area contributed by atoms with Gasteiger partial charge in [-0.15, -0.1) is 4.89 Å². The van der Waals surface area contributed by atoms with Crippen LogP contribution in [0.4, 0.5) is 0 Å². The van der Waals surface area contributed by atoms with Crippen molar-refractivity contribution in [3.8, 4) is 0 Å². The first-order valence-electron chi connectivity index (χ1n) is 4.44. The second kappa shape index (κ2) is 7.97. The Morgan fingerprint density at radius 3 is 2.53 bits per heavy atom. The fourth-order valence-corrected chi connectivity index (χ4v) is 1.75. The Kier molecular flexibility index (Phi) is 7.85. The van der Waals surface area contributed by atoms with Crippen LogP contribution in [0, 0.1) is 0 Å². The number of amides is 1. The zero-order chi connectivity index (χ0) is 13.5. The Hall–Kier alpha value is -0.240. The average Bonchev–Trinajstić information content (AvgIpc) is 2.09. The highest BCUT2D eigenvalue weighted by Gasteiger charge is 2.41. The van der Waals surface area contributed by atoms with E-state index in [1.54, 1.807) is 0 Å². The molecule has 11 heteroatoms. The number of nitrogens with one attached hydrogen (secondary N) is 1. The molecule has 0 heterocycles. The maximum Gasteiger partial charge on any atom is 0.700 e. The van der Waals surface area contributed by atoms with Gasteiger partial charge < -0.3 is 20.2 Å². The van der Waals surface area contributed by atoms with Crippen LogP contribution >= 0.6 is 16.9 Å². The summed E-state index contributed by atoms with van der Waals surface area (Å²) in [5, 5.41) is 11.9. The molecule has 0 saturated heterocycles. The number of carbonyl (C=O) groups excluding carboxylic acids is 1. The zero-order valence-corrected chi connectivity index (χ0v) is 10.7. The van der Waals surface area contributed by atoms with Crippen molar-refractivity contribution in [1.82, 2.24) is 5.32 Å². The molecule has 17 heavy (non-hydrogen) atoms. The lowest BCUT2D eigenvalue weighted by molar-refractivity contribution is -0.279. The van der Waals surface area contributed by atoms with E-state index >= 15 is 0 Å². The Labute approximate surface area is 99.3 Å². The van der Waals surface area contributed by atoms with Crippen LogP contribution in [-0.2, 0) is 18.4 Å². The van der Waals surface area contributed by atoms with E-state index in [4.69, 9.17) is 14.7 Å². The van der Waals surface area contributed by atoms with Gasteiger partial charge in [0, 0.05) is 24.5 Å². The number of hydrogen-bond acceptors (Lipinski definition) is 7. The Morgan fingerprint density at radius 2 is 2.12 bits per heavy atom. The highest BCUT2D eigenvalue weighted by Crippen LogP contribution is 2.38. The molecule has 0 rings (SSSR count). The number of aliphatic hydroxyl groups is 1. The number of hydrogen-bond donors (Lipinski definition) is 5. The van der Waals surface area contributed by atoms with E-state index in [2.05, 4.69) is 14.4 Å². The first-order valence-corrected chi connectivity index (χ1v) is 6.74. The number of rotatable bonds is 8. The predicted molar refractivity (Wildman–Crippen MR) is 56.2 cm³/mol. The van der Waals surface area contributed by atoms with E-state index in [9.17, 15) is 14.5 Å². The van der Waals surface area contributed by atoms with Crippen LogP contribution in [-0.4, -0.2) is 38.2 Å². The van der Waals surface area contributed by atoms with E-state index in [-0.39, 0.29) is 25.3 Å². The monoisotopic (exact) mass is 290 g/mol. The summed E-state index contributed by atoms with van der Waals surface area (Å²) in [6.45, 7) is 1.46. The van der Waals surface area contributed by atoms with Crippen LogP contribution < -0.4 is 5.32 Å². The second-order valence-corrected chi connectivity index (χ2v) is 4.32. The summed E-state index contributed by atoms with van der Waals surface area (Å²) in [7, 11) is -6.13. The molecule has 0 bridgehead atoms. The molecular formula is C6H14NO8P2+. The molecule has 9 nitrogen and oxygen atoms in total. The summed E-state index contributed by atoms with van der Waals surface area (Å²) in [6.07, 6.45) is -0.183. The van der Waals surface area contributed by atoms with Crippen LogP contribution in [0.1, 0.15) is 19.8 Å². The molecule has 0 aliphatic carbocycles. The highest BCUT2D eigenvalue weighted by molar-refractivity contribution is 7.39. The summed E-state index contributed by atoms with van der Waals surface area (Å²) in [5.41, 5.74) is 0. The van der Waals surface area contributed by atoms with Crippen molar-refractivity contribution < 1.29 is 38.2 Å². The lowest BCUT2D eigenvalue weighted by atomic mass is 10.3. The molecule has 0 saturated carbocycles. The molecule has 2 atom stereocenters. The molecule has 0 aromatic carbocycles. The molecule has 1 amide bonds. The second-order valence-electron chi connectivity index (χ2n) is 2.97. The Balaban J connectivity index is 4.18. The highest BCUT2D eigenvalue weighted by atomic mass is 31.2. The van der Waals surface area contributed by atoms with Crippen molar-refractivity contribution in [2.24, 2.45) is 0 Å². The quantitative estimate of drug-likeness (QED) is 0.227. The topological polar surface area (TPSA) is 146 Å². The van der Waals surface area contributed by atoms with Gasteiger partial charge in [0.05, 0.1) is 0 Å². The van der Waals surface area contributed by atoms with Gasteiger partial charge in [-0.3, -0.25) is 9.32 Å². The van der Waals surface area contributed by atoms with E-state index in [0.29, 0.717) is 0 Å². The standard InChI is InChI=1S/C6H13NO8P2/c1-5(8)7-4-2-3-6(9,14-16(10)11)15-17(12)13/h9-11H,2-4H2,1H3,(H-,7,8,12,13)/p+1. The van der Waals surface area contributed by atoms with Crippen LogP contribution in [0.15, 0.2) is 0 Å². The van der Waals surface area contributed by atoms with Crippen molar-refractivity contribution in [2.75, 3.05) is 6.54 Å². The fourth-order valence-electron chi connectivity index (χ4n) is 0.934. The maximum absolute atomic E-state index is 10.5. The normalized spacial score (nSPS) is 15.5. The van der Waals surface area contributed by atoms with Crippen LogP contribution in [0.5, 0.6) is 0 Å². The summed E-state index contributed by atoms with van der Waals surface area (Å²) < 4.78 is 18.7. The zero-order valence-electron chi connectivity index (χ0n) is 8.94. The summed E-state index contributed by atoms with van der Waals surface area (Å²) in [6, 6.07) is 0. The molecule has 0 aromatic rings. The van der Waals surface area contributed by atoms with Crippen molar-refractivity contribution in [2.45, 2.75) is 25.7 Å². The van der Waals surface area contributed by atoms with Gasteiger partial charge in [-0.05, 0) is 6.42 Å². The first kappa shape index (κ1) is 16.8. The summed E-state index contributed by atoms with van der Waals surface area (Å²) in [5.74, 6) is -2.86. The van der Waals surface area contributed by atoms with Gasteiger partial charge in [0.2, 0.25) is 5.91 Å². The van der Waals surface area contributed by atoms with E-state index in [1.165, 1.54) is 6.92 Å². The predicted octanol–water partition coefficient (Wildman–Crippen LogP) is -0.557. The summed E-state index contributed by atoms with van der Waals surface area (Å²) in [4.78, 5) is 36.1. The minimum Gasteiger partial charge on any atom is -0.356 e. The fraction of sp³-hybridized carbons (Fsp3) is 0.833. The average molecular weight is 290 g/mol. The molecule has 0 aliphatic heterocycles. The molecule has 100 valence electrons. The van der Waals surface area contributed by atoms with Gasteiger partial charge in [0.15, 0.2) is 0 Å². The van der Waals surface area contributed by atoms with Gasteiger partial charge in [0.1, 0.15) is 0 Å². The molecule has 0 aromatic heterocycles. The lowest BCUT2D eigenvalue weighted by Gasteiger charge is -2.21. The largest absolute Gasteiger partial charge is 0.700 e. The van der Waals surface area contributed by atoms with E-state index in [1.807, 2.05) is 0 Å². The van der Waals surface area contributed by atoms with Gasteiger partial charge in [-0.2, -0.15) is 0 Å². The van der Waals surface area contributed by atoms with Crippen molar-refractivity contribution in [3.63, 3.8) is 0 Å². The molecule has 0 spiro atoms. The Morgan fingerprint density at radius 1 is 1.53 bits per heavy atom.